The average molecular weight is 391 g/mol. The lowest BCUT2D eigenvalue weighted by Crippen LogP contribution is -2.25. The van der Waals surface area contributed by atoms with Crippen molar-refractivity contribution < 1.29 is 14.3 Å². The van der Waals surface area contributed by atoms with Gasteiger partial charge in [0.05, 0.1) is 4.70 Å². The molecule has 0 radical (unpaired) electrons. The largest absolute Gasteiger partial charge is 0.508 e. The van der Waals surface area contributed by atoms with Crippen molar-refractivity contribution in [3.05, 3.63) is 82.2 Å². The third kappa shape index (κ3) is 2.97. The molecule has 1 amide bonds. The summed E-state index contributed by atoms with van der Waals surface area (Å²) in [6.45, 7) is 5.33. The maximum Gasteiger partial charge on any atom is 0.347 e. The standard InChI is InChI=1S/C22H17NO4S/c1-12-8-14-6-4-5-7-15(14)17(9-12)21(25)23(3)20-11-18-19(28-20)10-16(13(2)24)22(26)27-18/h4-11,24H,2H2,1,3H3. The number of aryl methyl sites for hydroxylation is 1. The summed E-state index contributed by atoms with van der Waals surface area (Å²) in [4.78, 5) is 26.7. The van der Waals surface area contributed by atoms with Gasteiger partial charge >= 0.3 is 5.63 Å². The SMILES string of the molecule is C=C(O)c1cc2sc(N(C)C(=O)c3cc(C)cc4ccccc34)cc2oc1=O. The van der Waals surface area contributed by atoms with Crippen LogP contribution in [0.1, 0.15) is 21.5 Å². The number of aliphatic hydroxyl groups excluding tert-OH is 1. The van der Waals surface area contributed by atoms with Crippen LogP contribution in [0, 0.1) is 6.92 Å². The summed E-state index contributed by atoms with van der Waals surface area (Å²) in [5.74, 6) is -0.498. The second-order valence-corrected chi connectivity index (χ2v) is 7.67. The van der Waals surface area contributed by atoms with Gasteiger partial charge in [0.15, 0.2) is 5.58 Å². The number of hydrogen-bond donors (Lipinski definition) is 1. The molecule has 0 saturated heterocycles. The van der Waals surface area contributed by atoms with Crippen molar-refractivity contribution in [1.29, 1.82) is 0 Å². The molecule has 2 aromatic heterocycles. The topological polar surface area (TPSA) is 70.8 Å². The van der Waals surface area contributed by atoms with Crippen LogP contribution in [0.3, 0.4) is 0 Å². The molecule has 0 aliphatic rings. The van der Waals surface area contributed by atoms with Crippen LogP contribution in [-0.4, -0.2) is 18.1 Å². The van der Waals surface area contributed by atoms with E-state index in [9.17, 15) is 14.7 Å². The molecular weight excluding hydrogens is 374 g/mol. The molecule has 28 heavy (non-hydrogen) atoms. The first-order valence-corrected chi connectivity index (χ1v) is 9.40. The predicted octanol–water partition coefficient (Wildman–Crippen LogP) is 5.12. The van der Waals surface area contributed by atoms with Crippen molar-refractivity contribution >= 4 is 49.1 Å². The summed E-state index contributed by atoms with van der Waals surface area (Å²) in [6.07, 6.45) is 0. The number of benzene rings is 2. The van der Waals surface area contributed by atoms with Crippen LogP contribution in [0.2, 0.25) is 0 Å². The first-order valence-electron chi connectivity index (χ1n) is 8.58. The molecule has 0 aliphatic heterocycles. The highest BCUT2D eigenvalue weighted by atomic mass is 32.1. The van der Waals surface area contributed by atoms with Gasteiger partial charge in [0, 0.05) is 18.7 Å². The molecular formula is C22H17NO4S. The van der Waals surface area contributed by atoms with Gasteiger partial charge in [-0.3, -0.25) is 4.79 Å². The van der Waals surface area contributed by atoms with Crippen LogP contribution in [0.15, 0.2) is 64.3 Å². The van der Waals surface area contributed by atoms with E-state index in [1.807, 2.05) is 43.3 Å². The fourth-order valence-corrected chi connectivity index (χ4v) is 4.17. The highest BCUT2D eigenvalue weighted by Crippen LogP contribution is 2.33. The Labute approximate surface area is 164 Å². The van der Waals surface area contributed by atoms with E-state index in [0.29, 0.717) is 20.8 Å². The van der Waals surface area contributed by atoms with Gasteiger partial charge in [0.2, 0.25) is 0 Å². The van der Waals surface area contributed by atoms with Crippen LogP contribution in [0.25, 0.3) is 26.8 Å². The molecule has 0 aliphatic carbocycles. The molecule has 140 valence electrons. The van der Waals surface area contributed by atoms with Gasteiger partial charge in [-0.1, -0.05) is 36.9 Å². The highest BCUT2D eigenvalue weighted by Gasteiger charge is 2.20. The van der Waals surface area contributed by atoms with Crippen molar-refractivity contribution in [2.75, 3.05) is 11.9 Å². The minimum Gasteiger partial charge on any atom is -0.508 e. The Morgan fingerprint density at radius 1 is 1.14 bits per heavy atom. The quantitative estimate of drug-likeness (QED) is 0.492. The molecule has 4 aromatic rings. The van der Waals surface area contributed by atoms with Gasteiger partial charge in [-0.05, 0) is 35.4 Å². The number of amides is 1. The van der Waals surface area contributed by atoms with Gasteiger partial charge < -0.3 is 14.4 Å². The molecule has 0 spiro atoms. The predicted molar refractivity (Wildman–Crippen MR) is 113 cm³/mol. The number of carbonyl (C=O) groups is 1. The molecule has 0 atom stereocenters. The summed E-state index contributed by atoms with van der Waals surface area (Å²) in [7, 11) is 1.69. The minimum atomic E-state index is -0.664. The lowest BCUT2D eigenvalue weighted by atomic mass is 10.0. The van der Waals surface area contributed by atoms with Gasteiger partial charge in [0.25, 0.3) is 5.91 Å². The van der Waals surface area contributed by atoms with E-state index in [0.717, 1.165) is 16.3 Å². The van der Waals surface area contributed by atoms with Crippen LogP contribution in [0.5, 0.6) is 0 Å². The summed E-state index contributed by atoms with van der Waals surface area (Å²) < 4.78 is 5.90. The summed E-state index contributed by atoms with van der Waals surface area (Å²) in [5.41, 5.74) is 1.33. The molecule has 4 rings (SSSR count). The van der Waals surface area contributed by atoms with Gasteiger partial charge in [-0.2, -0.15) is 0 Å². The zero-order valence-corrected chi connectivity index (χ0v) is 16.2. The van der Waals surface area contributed by atoms with Crippen molar-refractivity contribution in [2.45, 2.75) is 6.92 Å². The second-order valence-electron chi connectivity index (χ2n) is 6.61. The van der Waals surface area contributed by atoms with Gasteiger partial charge in [-0.25, -0.2) is 4.79 Å². The maximum absolute atomic E-state index is 13.2. The maximum atomic E-state index is 13.2. The normalized spacial score (nSPS) is 11.1. The lowest BCUT2D eigenvalue weighted by Gasteiger charge is -2.17. The molecule has 0 fully saturated rings. The Morgan fingerprint density at radius 2 is 1.89 bits per heavy atom. The van der Waals surface area contributed by atoms with E-state index in [1.165, 1.54) is 17.4 Å². The van der Waals surface area contributed by atoms with Crippen molar-refractivity contribution in [2.24, 2.45) is 0 Å². The highest BCUT2D eigenvalue weighted by molar-refractivity contribution is 7.22. The number of aliphatic hydroxyl groups is 1. The Morgan fingerprint density at radius 3 is 2.64 bits per heavy atom. The molecule has 0 unspecified atom stereocenters. The van der Waals surface area contributed by atoms with Crippen LogP contribution >= 0.6 is 11.3 Å². The van der Waals surface area contributed by atoms with Crippen molar-refractivity contribution in [1.82, 2.24) is 0 Å². The van der Waals surface area contributed by atoms with Crippen LogP contribution in [-0.2, 0) is 0 Å². The van der Waals surface area contributed by atoms with Gasteiger partial charge in [0.1, 0.15) is 16.3 Å². The molecule has 2 aromatic carbocycles. The van der Waals surface area contributed by atoms with Gasteiger partial charge in [-0.15, -0.1) is 11.3 Å². The molecule has 0 bridgehead atoms. The van der Waals surface area contributed by atoms with E-state index in [4.69, 9.17) is 4.42 Å². The van der Waals surface area contributed by atoms with Crippen LogP contribution < -0.4 is 10.5 Å². The zero-order chi connectivity index (χ0) is 20.0. The summed E-state index contributed by atoms with van der Waals surface area (Å²) >= 11 is 1.30. The number of anilines is 1. The number of hydrogen-bond acceptors (Lipinski definition) is 5. The Kier molecular flexibility index (Phi) is 4.28. The monoisotopic (exact) mass is 391 g/mol. The van der Waals surface area contributed by atoms with Crippen molar-refractivity contribution in [3.8, 4) is 0 Å². The van der Waals surface area contributed by atoms with Crippen molar-refractivity contribution in [3.63, 3.8) is 0 Å². The average Bonchev–Trinajstić information content (AvgIpc) is 3.08. The number of thiophene rings is 1. The summed E-state index contributed by atoms with van der Waals surface area (Å²) in [5, 5.41) is 12.1. The van der Waals surface area contributed by atoms with E-state index in [1.54, 1.807) is 18.0 Å². The first-order chi connectivity index (χ1) is 13.3. The Bertz CT molecular complexity index is 1320. The first kappa shape index (κ1) is 18.0. The molecule has 6 heteroatoms. The summed E-state index contributed by atoms with van der Waals surface area (Å²) in [6, 6.07) is 14.9. The number of rotatable bonds is 3. The zero-order valence-electron chi connectivity index (χ0n) is 15.4. The fourth-order valence-electron chi connectivity index (χ4n) is 3.19. The third-order valence-electron chi connectivity index (χ3n) is 4.59. The third-order valence-corrected chi connectivity index (χ3v) is 5.73. The van der Waals surface area contributed by atoms with E-state index in [2.05, 4.69) is 6.58 Å². The smallest absolute Gasteiger partial charge is 0.347 e. The molecule has 1 N–H and O–H groups in total. The Hall–Kier alpha value is -3.38. The lowest BCUT2D eigenvalue weighted by molar-refractivity contribution is 0.0995. The number of nitrogens with zero attached hydrogens (tertiary/aromatic N) is 1. The second kappa shape index (κ2) is 6.65. The molecule has 2 heterocycles. The van der Waals surface area contributed by atoms with E-state index < -0.39 is 5.63 Å². The number of carbonyl (C=O) groups excluding carboxylic acids is 1. The molecule has 5 nitrogen and oxygen atoms in total. The van der Waals surface area contributed by atoms with E-state index >= 15 is 0 Å². The molecule has 0 saturated carbocycles. The minimum absolute atomic E-state index is 0.0135. The Balaban J connectivity index is 1.79. The van der Waals surface area contributed by atoms with Crippen LogP contribution in [0.4, 0.5) is 5.00 Å². The van der Waals surface area contributed by atoms with E-state index in [-0.39, 0.29) is 17.2 Å². The number of fused-ring (bicyclic) bond motifs is 2. The fraction of sp³-hybridized carbons (Fsp3) is 0.0909.